The molecule has 1 saturated heterocycles. The van der Waals surface area contributed by atoms with Gasteiger partial charge in [-0.25, -0.2) is 4.90 Å². The molecule has 142 valence electrons. The van der Waals surface area contributed by atoms with Crippen molar-refractivity contribution in [3.8, 4) is 0 Å². The maximum atomic E-state index is 13.1. The number of aryl methyl sites for hydroxylation is 1. The van der Waals surface area contributed by atoms with Crippen LogP contribution in [0.3, 0.4) is 0 Å². The highest BCUT2D eigenvalue weighted by Crippen LogP contribution is 2.38. The predicted molar refractivity (Wildman–Crippen MR) is 102 cm³/mol. The van der Waals surface area contributed by atoms with Crippen molar-refractivity contribution in [3.05, 3.63) is 67.7 Å². The minimum Gasteiger partial charge on any atom is -0.381 e. The number of imide groups is 1. The first kappa shape index (κ1) is 18.4. The number of non-ortho nitro benzene ring substituents is 1. The second-order valence-corrected chi connectivity index (χ2v) is 7.19. The molecule has 0 radical (unpaired) electrons. The van der Waals surface area contributed by atoms with Gasteiger partial charge in [-0.05, 0) is 24.6 Å². The normalized spacial score (nSPS) is 20.8. The largest absolute Gasteiger partial charge is 0.381 e. The van der Waals surface area contributed by atoms with Gasteiger partial charge in [0.2, 0.25) is 12.0 Å². The maximum absolute atomic E-state index is 13.1. The van der Waals surface area contributed by atoms with Crippen molar-refractivity contribution in [2.75, 3.05) is 4.90 Å². The molecule has 4 rings (SSSR count). The number of carbonyl (C=O) groups excluding carboxylic acids is 2. The van der Waals surface area contributed by atoms with Crippen molar-refractivity contribution < 1.29 is 19.3 Å². The van der Waals surface area contributed by atoms with E-state index in [-0.39, 0.29) is 22.1 Å². The lowest BCUT2D eigenvalue weighted by Gasteiger charge is -2.17. The number of benzene rings is 2. The Morgan fingerprint density at radius 2 is 1.89 bits per heavy atom. The van der Waals surface area contributed by atoms with Gasteiger partial charge in [-0.1, -0.05) is 40.5 Å². The third-order valence-electron chi connectivity index (χ3n) is 4.66. The number of anilines is 1. The summed E-state index contributed by atoms with van der Waals surface area (Å²) in [5.74, 6) is -2.21. The fourth-order valence-electron chi connectivity index (χ4n) is 3.29. The molecule has 2 aliphatic heterocycles. The lowest BCUT2D eigenvalue weighted by molar-refractivity contribution is -0.384. The van der Waals surface area contributed by atoms with E-state index < -0.39 is 28.8 Å². The summed E-state index contributed by atoms with van der Waals surface area (Å²) in [4.78, 5) is 42.6. The number of hydrogen-bond donors (Lipinski definition) is 0. The Morgan fingerprint density at radius 3 is 2.57 bits per heavy atom. The van der Waals surface area contributed by atoms with Crippen molar-refractivity contribution in [1.82, 2.24) is 0 Å². The minimum absolute atomic E-state index is 0.142. The maximum Gasteiger partial charge on any atom is 0.278 e. The summed E-state index contributed by atoms with van der Waals surface area (Å²) in [7, 11) is 0. The molecule has 2 atom stereocenters. The molecular formula is C18H11Cl2N3O5. The van der Waals surface area contributed by atoms with E-state index in [1.807, 2.05) is 0 Å². The molecule has 0 aliphatic carbocycles. The Labute approximate surface area is 168 Å². The molecule has 0 bridgehead atoms. The van der Waals surface area contributed by atoms with Crippen molar-refractivity contribution in [1.29, 1.82) is 0 Å². The first-order valence-electron chi connectivity index (χ1n) is 8.11. The van der Waals surface area contributed by atoms with Crippen LogP contribution in [0.1, 0.15) is 11.1 Å². The average Bonchev–Trinajstić information content (AvgIpc) is 3.16. The van der Waals surface area contributed by atoms with Gasteiger partial charge >= 0.3 is 0 Å². The van der Waals surface area contributed by atoms with Crippen molar-refractivity contribution in [2.24, 2.45) is 11.1 Å². The fraction of sp³-hybridized carbons (Fsp3) is 0.167. The molecule has 0 spiro atoms. The summed E-state index contributed by atoms with van der Waals surface area (Å²) in [6.07, 6.45) is -1.15. The highest BCUT2D eigenvalue weighted by atomic mass is 35.5. The average molecular weight is 420 g/mol. The molecule has 2 aromatic carbocycles. The van der Waals surface area contributed by atoms with Crippen LogP contribution in [-0.4, -0.2) is 28.6 Å². The molecule has 2 amide bonds. The number of rotatable bonds is 3. The number of nitrogens with zero attached hydrogens (tertiary/aromatic N) is 3. The van der Waals surface area contributed by atoms with Gasteiger partial charge in [-0.3, -0.25) is 19.7 Å². The van der Waals surface area contributed by atoms with Gasteiger partial charge in [0, 0.05) is 22.7 Å². The van der Waals surface area contributed by atoms with Crippen LogP contribution in [0.5, 0.6) is 0 Å². The van der Waals surface area contributed by atoms with Crippen LogP contribution >= 0.6 is 23.2 Å². The zero-order chi connectivity index (χ0) is 20.2. The van der Waals surface area contributed by atoms with Crippen LogP contribution in [-0.2, 0) is 14.4 Å². The molecule has 0 aromatic heterocycles. The number of amides is 2. The summed E-state index contributed by atoms with van der Waals surface area (Å²) >= 11 is 12.1. The molecule has 0 saturated carbocycles. The van der Waals surface area contributed by atoms with Crippen LogP contribution in [0.25, 0.3) is 0 Å². The molecule has 1 fully saturated rings. The highest BCUT2D eigenvalue weighted by Gasteiger charge is 2.56. The smallest absolute Gasteiger partial charge is 0.278 e. The summed E-state index contributed by atoms with van der Waals surface area (Å²) < 4.78 is 0. The Bertz CT molecular complexity index is 1080. The minimum atomic E-state index is -1.15. The molecule has 8 nitrogen and oxygen atoms in total. The number of nitro groups is 1. The number of oxime groups is 1. The van der Waals surface area contributed by atoms with Gasteiger partial charge in [0.25, 0.3) is 11.6 Å². The fourth-order valence-corrected chi connectivity index (χ4v) is 3.79. The van der Waals surface area contributed by atoms with Gasteiger partial charge in [0.05, 0.1) is 15.6 Å². The van der Waals surface area contributed by atoms with Crippen molar-refractivity contribution >= 4 is 52.1 Å². The van der Waals surface area contributed by atoms with Crippen LogP contribution in [0, 0.1) is 23.0 Å². The zero-order valence-electron chi connectivity index (χ0n) is 14.3. The lowest BCUT2D eigenvalue weighted by atomic mass is 9.94. The summed E-state index contributed by atoms with van der Waals surface area (Å²) in [6, 6.07) is 8.66. The molecule has 10 heteroatoms. The molecule has 2 heterocycles. The van der Waals surface area contributed by atoms with E-state index in [1.54, 1.807) is 19.1 Å². The van der Waals surface area contributed by atoms with Gasteiger partial charge in [-0.2, -0.15) is 0 Å². The van der Waals surface area contributed by atoms with E-state index >= 15 is 0 Å². The quantitative estimate of drug-likeness (QED) is 0.430. The van der Waals surface area contributed by atoms with Gasteiger partial charge in [0.15, 0.2) is 0 Å². The summed E-state index contributed by atoms with van der Waals surface area (Å²) in [5.41, 5.74) is 1.10. The Hall–Kier alpha value is -2.97. The van der Waals surface area contributed by atoms with Gasteiger partial charge in [0.1, 0.15) is 11.6 Å². The van der Waals surface area contributed by atoms with Crippen LogP contribution in [0.4, 0.5) is 11.4 Å². The van der Waals surface area contributed by atoms with Crippen LogP contribution < -0.4 is 4.90 Å². The number of nitro benzene ring substituents is 1. The Morgan fingerprint density at radius 1 is 1.14 bits per heavy atom. The number of hydrogen-bond acceptors (Lipinski definition) is 6. The molecular weight excluding hydrogens is 409 g/mol. The second-order valence-electron chi connectivity index (χ2n) is 6.34. The second kappa shape index (κ2) is 6.57. The van der Waals surface area contributed by atoms with Gasteiger partial charge in [-0.15, -0.1) is 0 Å². The third-order valence-corrected chi connectivity index (χ3v) is 5.21. The van der Waals surface area contributed by atoms with E-state index in [1.165, 1.54) is 24.3 Å². The predicted octanol–water partition coefficient (Wildman–Crippen LogP) is 3.50. The van der Waals surface area contributed by atoms with Crippen LogP contribution in [0.2, 0.25) is 10.0 Å². The van der Waals surface area contributed by atoms with Crippen molar-refractivity contribution in [2.45, 2.75) is 13.0 Å². The lowest BCUT2D eigenvalue weighted by Crippen LogP contribution is -2.33. The number of halogens is 2. The molecule has 2 aromatic rings. The van der Waals surface area contributed by atoms with E-state index in [2.05, 4.69) is 5.16 Å². The van der Waals surface area contributed by atoms with Crippen LogP contribution in [0.15, 0.2) is 41.6 Å². The molecule has 28 heavy (non-hydrogen) atoms. The Balaban J connectivity index is 1.75. The van der Waals surface area contributed by atoms with E-state index in [9.17, 15) is 19.7 Å². The summed E-state index contributed by atoms with van der Waals surface area (Å²) in [5, 5.41) is 15.7. The van der Waals surface area contributed by atoms with E-state index in [4.69, 9.17) is 28.0 Å². The monoisotopic (exact) mass is 419 g/mol. The van der Waals surface area contributed by atoms with E-state index in [0.29, 0.717) is 16.1 Å². The third kappa shape index (κ3) is 2.73. The standard InChI is InChI=1S/C18H11Cl2N3O5/c1-8-2-4-10(23(26)27)7-13(8)22-17(24)14-15(21-28-16(14)18(22)25)11-5-3-9(19)6-12(11)20/h2-7,14,16H,1H3/t14-,16+/m1/s1. The summed E-state index contributed by atoms with van der Waals surface area (Å²) in [6.45, 7) is 1.65. The SMILES string of the molecule is Cc1ccc([N+](=O)[O-])cc1N1C(=O)[C@@H]2C(c3ccc(Cl)cc3Cl)=NO[C@@H]2C1=O. The number of fused-ring (bicyclic) bond motifs is 1. The molecule has 0 unspecified atom stereocenters. The van der Waals surface area contributed by atoms with Crippen molar-refractivity contribution in [3.63, 3.8) is 0 Å². The highest BCUT2D eigenvalue weighted by molar-refractivity contribution is 6.39. The Kier molecular flexibility index (Phi) is 4.32. The first-order valence-corrected chi connectivity index (χ1v) is 8.87. The van der Waals surface area contributed by atoms with E-state index in [0.717, 1.165) is 4.90 Å². The van der Waals surface area contributed by atoms with Gasteiger partial charge < -0.3 is 4.84 Å². The first-order chi connectivity index (χ1) is 13.3. The molecule has 0 N–H and O–H groups in total. The topological polar surface area (TPSA) is 102 Å². The zero-order valence-corrected chi connectivity index (χ0v) is 15.8. The number of carbonyl (C=O) groups is 2. The molecule has 2 aliphatic rings.